The number of aryl methyl sites for hydroxylation is 1. The zero-order chi connectivity index (χ0) is 15.1. The van der Waals surface area contributed by atoms with Crippen LogP contribution in [0.4, 0.5) is 0 Å². The van der Waals surface area contributed by atoms with Gasteiger partial charge in [0.15, 0.2) is 6.10 Å². The van der Waals surface area contributed by atoms with Crippen LogP contribution in [0, 0.1) is 0 Å². The first-order chi connectivity index (χ1) is 9.49. The lowest BCUT2D eigenvalue weighted by atomic mass is 10.0. The topological polar surface area (TPSA) is 93.1 Å². The summed E-state index contributed by atoms with van der Waals surface area (Å²) in [6.07, 6.45) is -0.944. The van der Waals surface area contributed by atoms with Crippen LogP contribution in [-0.4, -0.2) is 35.9 Å². The molecular weight excluding hydrogens is 264 g/mol. The highest BCUT2D eigenvalue weighted by molar-refractivity contribution is 5.75. The predicted octanol–water partition coefficient (Wildman–Crippen LogP) is 1.31. The average molecular weight is 282 g/mol. The van der Waals surface area contributed by atoms with E-state index < -0.39 is 12.1 Å². The molecule has 0 heterocycles. The number of aliphatic carboxylic acids is 1. The maximum Gasteiger partial charge on any atom is 0.337 e. The molecule has 2 N–H and O–H groups in total. The zero-order valence-electron chi connectivity index (χ0n) is 11.5. The Labute approximate surface area is 116 Å². The van der Waals surface area contributed by atoms with E-state index in [9.17, 15) is 14.7 Å². The van der Waals surface area contributed by atoms with Gasteiger partial charge in [-0.25, -0.2) is 4.79 Å². The molecule has 1 atom stereocenters. The van der Waals surface area contributed by atoms with Crippen LogP contribution in [0.1, 0.15) is 30.6 Å². The lowest BCUT2D eigenvalue weighted by Crippen LogP contribution is -2.12. The molecule has 0 saturated carbocycles. The molecule has 0 aromatic heterocycles. The van der Waals surface area contributed by atoms with Crippen LogP contribution in [0.15, 0.2) is 18.2 Å². The number of ether oxygens (including phenoxy) is 2. The van der Waals surface area contributed by atoms with Crippen LogP contribution >= 0.6 is 0 Å². The smallest absolute Gasteiger partial charge is 0.337 e. The first-order valence-corrected chi connectivity index (χ1v) is 6.22. The number of methoxy groups -OCH3 is 1. The van der Waals surface area contributed by atoms with Crippen molar-refractivity contribution in [3.05, 3.63) is 29.3 Å². The quantitative estimate of drug-likeness (QED) is 0.732. The van der Waals surface area contributed by atoms with Crippen LogP contribution in [0.25, 0.3) is 0 Å². The Bertz CT molecular complexity index is 483. The molecule has 0 aliphatic heterocycles. The van der Waals surface area contributed by atoms with E-state index in [1.54, 1.807) is 19.1 Å². The summed E-state index contributed by atoms with van der Waals surface area (Å²) in [6, 6.07) is 4.75. The predicted molar refractivity (Wildman–Crippen MR) is 70.5 cm³/mol. The molecule has 0 aliphatic carbocycles. The number of carbonyl (C=O) groups is 2. The van der Waals surface area contributed by atoms with Crippen LogP contribution in [-0.2, 0) is 20.7 Å². The van der Waals surface area contributed by atoms with Crippen LogP contribution in [0.5, 0.6) is 5.75 Å². The third-order valence-corrected chi connectivity index (χ3v) is 2.75. The van der Waals surface area contributed by atoms with Crippen molar-refractivity contribution >= 4 is 11.9 Å². The van der Waals surface area contributed by atoms with Gasteiger partial charge in [-0.1, -0.05) is 12.1 Å². The highest BCUT2D eigenvalue weighted by Crippen LogP contribution is 2.27. The summed E-state index contributed by atoms with van der Waals surface area (Å²) in [5, 5.41) is 18.3. The Kier molecular flexibility index (Phi) is 5.99. The van der Waals surface area contributed by atoms with Crippen molar-refractivity contribution in [1.82, 2.24) is 0 Å². The SMILES string of the molecule is CCOC(=O)CCc1ccc(C(O)C(=O)O)c(OC)c1. The van der Waals surface area contributed by atoms with Gasteiger partial charge in [0.05, 0.1) is 13.7 Å². The summed E-state index contributed by atoms with van der Waals surface area (Å²) in [4.78, 5) is 22.0. The van der Waals surface area contributed by atoms with Crippen molar-refractivity contribution in [3.8, 4) is 5.75 Å². The highest BCUT2D eigenvalue weighted by Gasteiger charge is 2.20. The largest absolute Gasteiger partial charge is 0.496 e. The normalized spacial score (nSPS) is 11.8. The molecule has 0 saturated heterocycles. The second kappa shape index (κ2) is 7.49. The van der Waals surface area contributed by atoms with Crippen molar-refractivity contribution in [2.45, 2.75) is 25.9 Å². The number of hydrogen-bond acceptors (Lipinski definition) is 5. The molecule has 0 radical (unpaired) electrons. The number of rotatable bonds is 7. The van der Waals surface area contributed by atoms with Gasteiger partial charge in [-0.2, -0.15) is 0 Å². The Hall–Kier alpha value is -2.08. The summed E-state index contributed by atoms with van der Waals surface area (Å²) in [5.41, 5.74) is 0.983. The minimum Gasteiger partial charge on any atom is -0.496 e. The Balaban J connectivity index is 2.82. The summed E-state index contributed by atoms with van der Waals surface area (Å²) in [7, 11) is 1.39. The van der Waals surface area contributed by atoms with E-state index in [1.807, 2.05) is 0 Å². The van der Waals surface area contributed by atoms with E-state index >= 15 is 0 Å². The molecule has 1 aromatic carbocycles. The van der Waals surface area contributed by atoms with Gasteiger partial charge < -0.3 is 19.7 Å². The maximum atomic E-state index is 11.3. The molecule has 20 heavy (non-hydrogen) atoms. The van der Waals surface area contributed by atoms with E-state index in [1.165, 1.54) is 13.2 Å². The average Bonchev–Trinajstić information content (AvgIpc) is 2.44. The fourth-order valence-electron chi connectivity index (χ4n) is 1.75. The molecule has 6 nitrogen and oxygen atoms in total. The van der Waals surface area contributed by atoms with E-state index in [0.717, 1.165) is 5.56 Å². The summed E-state index contributed by atoms with van der Waals surface area (Å²) >= 11 is 0. The molecule has 110 valence electrons. The molecule has 0 aliphatic rings. The van der Waals surface area contributed by atoms with Crippen molar-refractivity contribution in [3.63, 3.8) is 0 Å². The number of aliphatic hydroxyl groups is 1. The van der Waals surface area contributed by atoms with Gasteiger partial charge in [0.1, 0.15) is 5.75 Å². The van der Waals surface area contributed by atoms with Gasteiger partial charge in [0, 0.05) is 12.0 Å². The number of hydrogen-bond donors (Lipinski definition) is 2. The number of aliphatic hydroxyl groups excluding tert-OH is 1. The van der Waals surface area contributed by atoms with Crippen molar-refractivity contribution in [2.24, 2.45) is 0 Å². The number of benzene rings is 1. The molecule has 0 fully saturated rings. The second-order valence-corrected chi connectivity index (χ2v) is 4.12. The summed E-state index contributed by atoms with van der Waals surface area (Å²) in [5.74, 6) is -1.36. The van der Waals surface area contributed by atoms with Crippen molar-refractivity contribution in [1.29, 1.82) is 0 Å². The van der Waals surface area contributed by atoms with Crippen molar-refractivity contribution in [2.75, 3.05) is 13.7 Å². The summed E-state index contributed by atoms with van der Waals surface area (Å²) in [6.45, 7) is 2.08. The number of carbonyl (C=O) groups excluding carboxylic acids is 1. The number of carboxylic acids is 1. The van der Waals surface area contributed by atoms with Gasteiger partial charge in [0.25, 0.3) is 0 Å². The minimum atomic E-state index is -1.64. The molecule has 1 aromatic rings. The lowest BCUT2D eigenvalue weighted by molar-refractivity contribution is -0.147. The Morgan fingerprint density at radius 1 is 1.35 bits per heavy atom. The number of carboxylic acid groups (broad SMARTS) is 1. The molecule has 1 rings (SSSR count). The molecular formula is C14H18O6. The third kappa shape index (κ3) is 4.24. The van der Waals surface area contributed by atoms with Gasteiger partial charge in [-0.15, -0.1) is 0 Å². The molecule has 0 amide bonds. The van der Waals surface area contributed by atoms with Crippen LogP contribution in [0.2, 0.25) is 0 Å². The second-order valence-electron chi connectivity index (χ2n) is 4.12. The van der Waals surface area contributed by atoms with E-state index in [0.29, 0.717) is 13.0 Å². The van der Waals surface area contributed by atoms with E-state index in [2.05, 4.69) is 0 Å². The first-order valence-electron chi connectivity index (χ1n) is 6.22. The fraction of sp³-hybridized carbons (Fsp3) is 0.429. The number of esters is 1. The van der Waals surface area contributed by atoms with E-state index in [-0.39, 0.29) is 23.7 Å². The molecule has 0 spiro atoms. The Morgan fingerprint density at radius 2 is 2.05 bits per heavy atom. The van der Waals surface area contributed by atoms with Crippen molar-refractivity contribution < 1.29 is 29.3 Å². The zero-order valence-corrected chi connectivity index (χ0v) is 11.5. The standard InChI is InChI=1S/C14H18O6/c1-3-20-12(15)7-5-9-4-6-10(11(8-9)19-2)13(16)14(17)18/h4,6,8,13,16H,3,5,7H2,1-2H3,(H,17,18). The molecule has 6 heteroatoms. The maximum absolute atomic E-state index is 11.3. The minimum absolute atomic E-state index is 0.180. The Morgan fingerprint density at radius 3 is 2.60 bits per heavy atom. The van der Waals surface area contributed by atoms with E-state index in [4.69, 9.17) is 14.6 Å². The highest BCUT2D eigenvalue weighted by atomic mass is 16.5. The first kappa shape index (κ1) is 16.0. The fourth-order valence-corrected chi connectivity index (χ4v) is 1.75. The van der Waals surface area contributed by atoms with Crippen LogP contribution in [0.3, 0.4) is 0 Å². The van der Waals surface area contributed by atoms with Crippen LogP contribution < -0.4 is 4.74 Å². The molecule has 0 bridgehead atoms. The van der Waals surface area contributed by atoms with Gasteiger partial charge in [-0.05, 0) is 25.0 Å². The summed E-state index contributed by atoms with van der Waals surface area (Å²) < 4.78 is 9.90. The van der Waals surface area contributed by atoms with Gasteiger partial charge >= 0.3 is 11.9 Å². The lowest BCUT2D eigenvalue weighted by Gasteiger charge is -2.13. The van der Waals surface area contributed by atoms with Gasteiger partial charge in [0.2, 0.25) is 0 Å². The monoisotopic (exact) mass is 282 g/mol. The van der Waals surface area contributed by atoms with Gasteiger partial charge in [-0.3, -0.25) is 4.79 Å². The third-order valence-electron chi connectivity index (χ3n) is 2.75. The molecule has 1 unspecified atom stereocenters.